The Morgan fingerprint density at radius 2 is 1.42 bits per heavy atom. The molecule has 0 bridgehead atoms. The van der Waals surface area contributed by atoms with Crippen molar-refractivity contribution in [2.24, 2.45) is 11.8 Å². The molecule has 2 aliphatic carbocycles. The van der Waals surface area contributed by atoms with Crippen LogP contribution in [0.2, 0.25) is 0 Å². The van der Waals surface area contributed by atoms with E-state index in [2.05, 4.69) is 109 Å². The van der Waals surface area contributed by atoms with Gasteiger partial charge in [-0.25, -0.2) is 0 Å². The highest BCUT2D eigenvalue weighted by atomic mass is 31.1. The van der Waals surface area contributed by atoms with Crippen molar-refractivity contribution in [1.82, 2.24) is 0 Å². The molecule has 0 N–H and O–H groups in total. The van der Waals surface area contributed by atoms with Crippen molar-refractivity contribution >= 4 is 18.8 Å². The third kappa shape index (κ3) is 4.76. The Hall–Kier alpha value is -2.43. The average Bonchev–Trinajstić information content (AvgIpc) is 3.50. The van der Waals surface area contributed by atoms with Crippen LogP contribution in [0.5, 0.6) is 0 Å². The molecule has 0 amide bonds. The third-order valence-electron chi connectivity index (χ3n) is 6.94. The van der Waals surface area contributed by atoms with E-state index in [-0.39, 0.29) is 7.92 Å². The van der Waals surface area contributed by atoms with Gasteiger partial charge in [0.1, 0.15) is 0 Å². The third-order valence-corrected chi connectivity index (χ3v) is 9.71. The molecular weight excluding hydrogens is 391 g/mol. The maximum atomic E-state index is 2.51. The minimum absolute atomic E-state index is 0.204. The van der Waals surface area contributed by atoms with E-state index in [4.69, 9.17) is 0 Å². The Balaban J connectivity index is 1.38. The van der Waals surface area contributed by atoms with Crippen molar-refractivity contribution < 1.29 is 0 Å². The number of hydrogen-bond acceptors (Lipinski definition) is 0. The molecule has 5 rings (SSSR count). The van der Waals surface area contributed by atoms with Crippen molar-refractivity contribution in [3.63, 3.8) is 0 Å². The quantitative estimate of drug-likeness (QED) is 0.271. The van der Waals surface area contributed by atoms with Crippen LogP contribution in [0.3, 0.4) is 0 Å². The zero-order chi connectivity index (χ0) is 20.9. The van der Waals surface area contributed by atoms with E-state index < -0.39 is 0 Å². The predicted molar refractivity (Wildman–Crippen MR) is 136 cm³/mol. The summed E-state index contributed by atoms with van der Waals surface area (Å²) in [5, 5.41) is 1.57. The molecule has 0 saturated heterocycles. The van der Waals surface area contributed by atoms with Gasteiger partial charge in [0, 0.05) is 0 Å². The van der Waals surface area contributed by atoms with Crippen LogP contribution in [-0.2, 0) is 0 Å². The molecule has 0 heterocycles. The highest BCUT2D eigenvalue weighted by Crippen LogP contribution is 2.49. The first-order valence-electron chi connectivity index (χ1n) is 11.7. The van der Waals surface area contributed by atoms with E-state index in [9.17, 15) is 0 Å². The summed E-state index contributed by atoms with van der Waals surface area (Å²) in [4.78, 5) is 0. The average molecular weight is 423 g/mol. The smallest absolute Gasteiger partial charge is 0.00610 e. The molecule has 2 unspecified atom stereocenters. The highest BCUT2D eigenvalue weighted by molar-refractivity contribution is 7.65. The second kappa shape index (κ2) is 9.80. The van der Waals surface area contributed by atoms with Crippen molar-refractivity contribution in [3.8, 4) is 0 Å². The molecule has 4 atom stereocenters. The van der Waals surface area contributed by atoms with E-state index in [0.717, 1.165) is 0 Å². The first kappa shape index (κ1) is 20.5. The van der Waals surface area contributed by atoms with E-state index >= 15 is 0 Å². The normalized spacial score (nSPS) is 23.6. The molecule has 3 aromatic carbocycles. The molecule has 156 valence electrons. The zero-order valence-electron chi connectivity index (χ0n) is 18.1. The van der Waals surface area contributed by atoms with Crippen LogP contribution in [-0.4, -0.2) is 12.3 Å². The van der Waals surface area contributed by atoms with Gasteiger partial charge < -0.3 is 0 Å². The van der Waals surface area contributed by atoms with Crippen LogP contribution in [0.4, 0.5) is 0 Å². The van der Waals surface area contributed by atoms with Gasteiger partial charge in [0.05, 0.1) is 0 Å². The second-order valence-corrected chi connectivity index (χ2v) is 11.2. The van der Waals surface area contributed by atoms with Gasteiger partial charge >= 0.3 is 0 Å². The summed E-state index contributed by atoms with van der Waals surface area (Å²) in [5.41, 5.74) is 4.52. The number of rotatable bonds is 7. The highest BCUT2D eigenvalue weighted by Gasteiger charge is 2.30. The summed E-state index contributed by atoms with van der Waals surface area (Å²) in [5.74, 6) is 1.98. The van der Waals surface area contributed by atoms with Crippen LogP contribution in [0.15, 0.2) is 109 Å². The Bertz CT molecular complexity index is 1020. The number of benzene rings is 3. The fraction of sp³-hybridized carbons (Fsp3) is 0.267. The molecule has 0 saturated carbocycles. The Morgan fingerprint density at radius 1 is 0.742 bits per heavy atom. The molecule has 3 aromatic rings. The van der Waals surface area contributed by atoms with Gasteiger partial charge in [-0.2, -0.15) is 0 Å². The summed E-state index contributed by atoms with van der Waals surface area (Å²) in [6.07, 6.45) is 13.8. The summed E-state index contributed by atoms with van der Waals surface area (Å²) >= 11 is 0. The van der Waals surface area contributed by atoms with Gasteiger partial charge in [-0.15, -0.1) is 0 Å². The molecule has 0 fully saturated rings. The van der Waals surface area contributed by atoms with E-state index in [1.165, 1.54) is 42.7 Å². The molecule has 2 aliphatic rings. The van der Waals surface area contributed by atoms with Gasteiger partial charge in [-0.1, -0.05) is 117 Å². The summed E-state index contributed by atoms with van der Waals surface area (Å²) in [7, 11) is -0.204. The van der Waals surface area contributed by atoms with E-state index in [1.807, 2.05) is 0 Å². The lowest BCUT2D eigenvalue weighted by atomic mass is 9.89. The zero-order valence-corrected chi connectivity index (χ0v) is 19.0. The van der Waals surface area contributed by atoms with E-state index in [1.54, 1.807) is 10.9 Å². The lowest BCUT2D eigenvalue weighted by Crippen LogP contribution is -2.18. The molecule has 0 aliphatic heterocycles. The Kier molecular flexibility index (Phi) is 6.47. The number of allylic oxidation sites excluding steroid dienone is 4. The maximum absolute atomic E-state index is 2.51. The van der Waals surface area contributed by atoms with E-state index in [0.29, 0.717) is 17.8 Å². The summed E-state index contributed by atoms with van der Waals surface area (Å²) in [6, 6.07) is 33.6. The minimum Gasteiger partial charge on any atom is -0.0876 e. The molecule has 1 heteroatoms. The topological polar surface area (TPSA) is 0 Å². The molecular formula is C30H31P. The van der Waals surface area contributed by atoms with Crippen molar-refractivity contribution in [3.05, 3.63) is 120 Å². The first-order valence-corrected chi connectivity index (χ1v) is 13.4. The van der Waals surface area contributed by atoms with Gasteiger partial charge in [-0.05, 0) is 71.3 Å². The Morgan fingerprint density at radius 3 is 2.16 bits per heavy atom. The Labute approximate surface area is 188 Å². The monoisotopic (exact) mass is 422 g/mol. The largest absolute Gasteiger partial charge is 0.0876 e. The van der Waals surface area contributed by atoms with Gasteiger partial charge in [0.2, 0.25) is 0 Å². The van der Waals surface area contributed by atoms with Crippen LogP contribution in [0, 0.1) is 11.8 Å². The first-order chi connectivity index (χ1) is 15.4. The molecule has 0 aromatic heterocycles. The summed E-state index contributed by atoms with van der Waals surface area (Å²) in [6.45, 7) is 0. The molecule has 31 heavy (non-hydrogen) atoms. The standard InChI is InChI=1S/C30H31P/c1-4-12-24(13-5-1)29-20-10-16-26(29)22-31(28-18-8-3-9-19-28)23-27-17-11-21-30(27)25-14-6-2-7-15-25/h1-10,12-16,18-19,21,26-27,29H,11,17,20,22-23H2/t26-,27+,29?,31?/m0/s1. The van der Waals surface area contributed by atoms with Crippen LogP contribution >= 0.6 is 7.92 Å². The van der Waals surface area contributed by atoms with Crippen LogP contribution in [0.25, 0.3) is 5.57 Å². The van der Waals surface area contributed by atoms with Gasteiger partial charge in [0.15, 0.2) is 0 Å². The molecule has 0 spiro atoms. The lowest BCUT2D eigenvalue weighted by molar-refractivity contribution is 0.592. The van der Waals surface area contributed by atoms with Crippen molar-refractivity contribution in [1.29, 1.82) is 0 Å². The van der Waals surface area contributed by atoms with Gasteiger partial charge in [0.25, 0.3) is 0 Å². The lowest BCUT2D eigenvalue weighted by Gasteiger charge is -2.29. The second-order valence-electron chi connectivity index (χ2n) is 8.89. The van der Waals surface area contributed by atoms with Crippen molar-refractivity contribution in [2.75, 3.05) is 12.3 Å². The summed E-state index contributed by atoms with van der Waals surface area (Å²) < 4.78 is 0. The fourth-order valence-corrected chi connectivity index (χ4v) is 8.32. The minimum atomic E-state index is -0.204. The fourth-order valence-electron chi connectivity index (χ4n) is 5.36. The predicted octanol–water partition coefficient (Wildman–Crippen LogP) is 7.65. The van der Waals surface area contributed by atoms with Crippen molar-refractivity contribution in [2.45, 2.75) is 25.2 Å². The molecule has 0 radical (unpaired) electrons. The molecule has 0 nitrogen and oxygen atoms in total. The SMILES string of the molecule is C1=C[C@@H](CP(C[C@H]2CCC=C2c2ccccc2)c2ccccc2)C(c2ccccc2)C1. The maximum Gasteiger partial charge on any atom is -0.00610 e. The van der Waals surface area contributed by atoms with Gasteiger partial charge in [-0.3, -0.25) is 0 Å². The van der Waals surface area contributed by atoms with Crippen LogP contribution < -0.4 is 5.30 Å². The number of hydrogen-bond donors (Lipinski definition) is 0. The van der Waals surface area contributed by atoms with Crippen LogP contribution in [0.1, 0.15) is 36.3 Å².